The molecule has 2 fully saturated rings. The average Bonchev–Trinajstić information content (AvgIpc) is 2.94. The van der Waals surface area contributed by atoms with Crippen LogP contribution in [0.25, 0.3) is 0 Å². The molecule has 1 aromatic rings. The van der Waals surface area contributed by atoms with Crippen LogP contribution in [-0.2, 0) is 11.3 Å². The average molecular weight is 281 g/mol. The van der Waals surface area contributed by atoms with Gasteiger partial charge in [-0.3, -0.25) is 4.90 Å². The molecular formula is C14H23N3OS. The van der Waals surface area contributed by atoms with E-state index in [1.165, 1.54) is 17.1 Å². The highest BCUT2D eigenvalue weighted by molar-refractivity contribution is 7.09. The van der Waals surface area contributed by atoms with Gasteiger partial charge in [0, 0.05) is 42.4 Å². The minimum absolute atomic E-state index is 0.349. The van der Waals surface area contributed by atoms with Gasteiger partial charge in [-0.25, -0.2) is 4.98 Å². The third kappa shape index (κ3) is 2.57. The summed E-state index contributed by atoms with van der Waals surface area (Å²) in [5, 5.41) is 0. The fourth-order valence-electron chi connectivity index (χ4n) is 3.60. The highest BCUT2D eigenvalue weighted by atomic mass is 32.1. The molecule has 0 bridgehead atoms. The van der Waals surface area contributed by atoms with Crippen molar-refractivity contribution < 1.29 is 4.74 Å². The number of ether oxygens (including phenoxy) is 1. The van der Waals surface area contributed by atoms with E-state index in [4.69, 9.17) is 4.74 Å². The van der Waals surface area contributed by atoms with Crippen LogP contribution >= 0.6 is 11.3 Å². The quantitative estimate of drug-likeness (QED) is 0.835. The summed E-state index contributed by atoms with van der Waals surface area (Å²) in [7, 11) is 4.33. The van der Waals surface area contributed by atoms with E-state index in [0.29, 0.717) is 11.3 Å². The summed E-state index contributed by atoms with van der Waals surface area (Å²) in [5.74, 6) is 0.697. The number of likely N-dealkylation sites (tertiary alicyclic amines) is 1. The number of rotatable bonds is 4. The molecule has 3 rings (SSSR count). The lowest BCUT2D eigenvalue weighted by Crippen LogP contribution is -2.40. The van der Waals surface area contributed by atoms with Crippen molar-refractivity contribution in [3.63, 3.8) is 0 Å². The summed E-state index contributed by atoms with van der Waals surface area (Å²) in [6.07, 6.45) is 0. The first-order chi connectivity index (χ1) is 9.09. The van der Waals surface area contributed by atoms with E-state index in [2.05, 4.69) is 35.8 Å². The van der Waals surface area contributed by atoms with Crippen molar-refractivity contribution in [2.45, 2.75) is 13.5 Å². The number of nitrogens with zero attached hydrogens (tertiary/aromatic N) is 3. The van der Waals surface area contributed by atoms with Crippen molar-refractivity contribution in [2.75, 3.05) is 46.9 Å². The van der Waals surface area contributed by atoms with Gasteiger partial charge in [-0.2, -0.15) is 0 Å². The maximum absolute atomic E-state index is 5.76. The van der Waals surface area contributed by atoms with Crippen molar-refractivity contribution in [2.24, 2.45) is 11.3 Å². The second kappa shape index (κ2) is 5.13. The Hall–Kier alpha value is -0.490. The number of aromatic nitrogens is 1. The molecule has 0 N–H and O–H groups in total. The molecule has 106 valence electrons. The van der Waals surface area contributed by atoms with Gasteiger partial charge in [-0.1, -0.05) is 0 Å². The molecule has 4 nitrogen and oxygen atoms in total. The van der Waals surface area contributed by atoms with Crippen LogP contribution in [0.4, 0.5) is 0 Å². The van der Waals surface area contributed by atoms with Crippen LogP contribution in [0.3, 0.4) is 0 Å². The van der Waals surface area contributed by atoms with Gasteiger partial charge in [0.1, 0.15) is 0 Å². The third-order valence-electron chi connectivity index (χ3n) is 4.43. The van der Waals surface area contributed by atoms with E-state index in [1.54, 1.807) is 11.3 Å². The normalized spacial score (nSPS) is 31.3. The van der Waals surface area contributed by atoms with Crippen molar-refractivity contribution in [1.82, 2.24) is 14.8 Å². The summed E-state index contributed by atoms with van der Waals surface area (Å²) in [4.78, 5) is 10.7. The van der Waals surface area contributed by atoms with Gasteiger partial charge < -0.3 is 9.64 Å². The number of aryl methyl sites for hydroxylation is 1. The Morgan fingerprint density at radius 3 is 3.11 bits per heavy atom. The molecule has 0 saturated carbocycles. The minimum atomic E-state index is 0.349. The molecule has 0 aromatic carbocycles. The van der Waals surface area contributed by atoms with Crippen LogP contribution in [0.2, 0.25) is 0 Å². The van der Waals surface area contributed by atoms with Crippen LogP contribution < -0.4 is 0 Å². The van der Waals surface area contributed by atoms with Gasteiger partial charge in [-0.15, -0.1) is 11.3 Å². The van der Waals surface area contributed by atoms with Crippen LogP contribution in [0.5, 0.6) is 0 Å². The van der Waals surface area contributed by atoms with E-state index in [-0.39, 0.29) is 0 Å². The lowest BCUT2D eigenvalue weighted by Gasteiger charge is -2.30. The predicted molar refractivity (Wildman–Crippen MR) is 77.4 cm³/mol. The van der Waals surface area contributed by atoms with Crippen molar-refractivity contribution >= 4 is 11.3 Å². The van der Waals surface area contributed by atoms with E-state index in [1.807, 2.05) is 5.51 Å². The first-order valence-electron chi connectivity index (χ1n) is 6.93. The molecule has 2 aliphatic heterocycles. The number of hydrogen-bond donors (Lipinski definition) is 0. The SMILES string of the molecule is Cc1ncsc1CN1C[C@H]2COC[C@@]2(CN(C)C)C1. The fraction of sp³-hybridized carbons (Fsp3) is 0.786. The molecule has 5 heteroatoms. The Kier molecular flexibility index (Phi) is 3.64. The van der Waals surface area contributed by atoms with Crippen LogP contribution in [-0.4, -0.2) is 61.7 Å². The second-order valence-electron chi connectivity index (χ2n) is 6.34. The predicted octanol–water partition coefficient (Wildman–Crippen LogP) is 1.46. The first kappa shape index (κ1) is 13.5. The summed E-state index contributed by atoms with van der Waals surface area (Å²) < 4.78 is 5.76. The smallest absolute Gasteiger partial charge is 0.0798 e. The zero-order valence-electron chi connectivity index (χ0n) is 12.1. The Bertz CT molecular complexity index is 448. The summed E-state index contributed by atoms with van der Waals surface area (Å²) in [5.41, 5.74) is 3.50. The molecule has 0 spiro atoms. The van der Waals surface area contributed by atoms with Crippen molar-refractivity contribution in [3.8, 4) is 0 Å². The number of fused-ring (bicyclic) bond motifs is 1. The Balaban J connectivity index is 1.70. The molecule has 19 heavy (non-hydrogen) atoms. The largest absolute Gasteiger partial charge is 0.380 e. The molecule has 0 radical (unpaired) electrons. The molecule has 2 atom stereocenters. The topological polar surface area (TPSA) is 28.6 Å². The zero-order chi connectivity index (χ0) is 13.5. The van der Waals surface area contributed by atoms with Crippen LogP contribution in [0, 0.1) is 18.3 Å². The van der Waals surface area contributed by atoms with Crippen LogP contribution in [0.1, 0.15) is 10.6 Å². The summed E-state index contributed by atoms with van der Waals surface area (Å²) in [6.45, 7) is 8.50. The number of hydrogen-bond acceptors (Lipinski definition) is 5. The lowest BCUT2D eigenvalue weighted by atomic mass is 9.81. The lowest BCUT2D eigenvalue weighted by molar-refractivity contribution is 0.110. The monoisotopic (exact) mass is 281 g/mol. The standard InChI is InChI=1S/C14H23N3OS/c1-11-13(19-10-15-11)5-17-4-12-6-18-9-14(12,8-17)7-16(2)3/h10,12H,4-9H2,1-3H3/t12-,14+/m0/s1. The van der Waals surface area contributed by atoms with Crippen molar-refractivity contribution in [1.29, 1.82) is 0 Å². The number of thiazole rings is 1. The molecule has 0 aliphatic carbocycles. The maximum Gasteiger partial charge on any atom is 0.0798 e. The molecule has 2 aliphatic rings. The Labute approximate surface area is 119 Å². The van der Waals surface area contributed by atoms with Gasteiger partial charge in [0.15, 0.2) is 0 Å². The molecule has 0 amide bonds. The van der Waals surface area contributed by atoms with E-state index in [0.717, 1.165) is 32.8 Å². The molecule has 2 saturated heterocycles. The van der Waals surface area contributed by atoms with Gasteiger partial charge in [0.2, 0.25) is 0 Å². The van der Waals surface area contributed by atoms with Gasteiger partial charge in [0.05, 0.1) is 24.4 Å². The van der Waals surface area contributed by atoms with Crippen LogP contribution in [0.15, 0.2) is 5.51 Å². The highest BCUT2D eigenvalue weighted by Gasteiger charge is 2.50. The summed E-state index contributed by atoms with van der Waals surface area (Å²) >= 11 is 1.78. The zero-order valence-corrected chi connectivity index (χ0v) is 12.9. The second-order valence-corrected chi connectivity index (χ2v) is 7.28. The molecule has 0 unspecified atom stereocenters. The third-order valence-corrected chi connectivity index (χ3v) is 5.35. The first-order valence-corrected chi connectivity index (χ1v) is 7.81. The maximum atomic E-state index is 5.76. The van der Waals surface area contributed by atoms with E-state index in [9.17, 15) is 0 Å². The highest BCUT2D eigenvalue weighted by Crippen LogP contribution is 2.42. The molecule has 1 aromatic heterocycles. The van der Waals surface area contributed by atoms with Crippen molar-refractivity contribution in [3.05, 3.63) is 16.1 Å². The fourth-order valence-corrected chi connectivity index (χ4v) is 4.42. The molecule has 3 heterocycles. The van der Waals surface area contributed by atoms with Gasteiger partial charge in [0.25, 0.3) is 0 Å². The minimum Gasteiger partial charge on any atom is -0.380 e. The Morgan fingerprint density at radius 2 is 2.42 bits per heavy atom. The Morgan fingerprint density at radius 1 is 1.58 bits per heavy atom. The molecular weight excluding hydrogens is 258 g/mol. The van der Waals surface area contributed by atoms with E-state index < -0.39 is 0 Å². The van der Waals surface area contributed by atoms with E-state index >= 15 is 0 Å². The van der Waals surface area contributed by atoms with Gasteiger partial charge in [-0.05, 0) is 21.0 Å². The summed E-state index contributed by atoms with van der Waals surface area (Å²) in [6, 6.07) is 0. The van der Waals surface area contributed by atoms with Gasteiger partial charge >= 0.3 is 0 Å².